The van der Waals surface area contributed by atoms with Gasteiger partial charge < -0.3 is 14.8 Å². The number of methoxy groups -OCH3 is 1. The molecule has 1 aromatic rings. The van der Waals surface area contributed by atoms with Crippen molar-refractivity contribution < 1.29 is 9.47 Å². The minimum Gasteiger partial charge on any atom is -0.480 e. The summed E-state index contributed by atoms with van der Waals surface area (Å²) in [6, 6.07) is 0.333. The third kappa shape index (κ3) is 3.32. The number of hydrogen-bond acceptors (Lipinski definition) is 5. The van der Waals surface area contributed by atoms with E-state index in [1.807, 2.05) is 0 Å². The van der Waals surface area contributed by atoms with Gasteiger partial charge in [-0.2, -0.15) is 4.98 Å². The molecule has 1 aromatic heterocycles. The number of anilines is 1. The van der Waals surface area contributed by atoms with Crippen LogP contribution in [0.4, 0.5) is 5.95 Å². The van der Waals surface area contributed by atoms with Gasteiger partial charge in [0.2, 0.25) is 11.8 Å². The molecule has 1 fully saturated rings. The fourth-order valence-electron chi connectivity index (χ4n) is 2.10. The van der Waals surface area contributed by atoms with Gasteiger partial charge in [0, 0.05) is 19.3 Å². The van der Waals surface area contributed by atoms with Crippen molar-refractivity contribution >= 4 is 21.9 Å². The van der Waals surface area contributed by atoms with Crippen LogP contribution in [0.2, 0.25) is 0 Å². The predicted octanol–water partition coefficient (Wildman–Crippen LogP) is 2.47. The van der Waals surface area contributed by atoms with E-state index in [2.05, 4.69) is 38.1 Å². The monoisotopic (exact) mass is 315 g/mol. The van der Waals surface area contributed by atoms with Gasteiger partial charge in [-0.25, -0.2) is 4.98 Å². The Kier molecular flexibility index (Phi) is 4.77. The van der Waals surface area contributed by atoms with Crippen molar-refractivity contribution in [2.75, 3.05) is 25.6 Å². The zero-order valence-electron chi connectivity index (χ0n) is 10.6. The van der Waals surface area contributed by atoms with E-state index >= 15 is 0 Å². The lowest BCUT2D eigenvalue weighted by atomic mass is 9.93. The van der Waals surface area contributed by atoms with Gasteiger partial charge in [0.1, 0.15) is 0 Å². The Morgan fingerprint density at radius 3 is 2.89 bits per heavy atom. The average Bonchev–Trinajstić information content (AvgIpc) is 2.42. The Hall–Kier alpha value is -0.880. The van der Waals surface area contributed by atoms with Crippen LogP contribution >= 0.6 is 15.9 Å². The molecule has 5 nitrogen and oxygen atoms in total. The molecule has 0 amide bonds. The SMILES string of the molecule is COc1nc(NC(C)C2CCOCC2)ncc1Br. The van der Waals surface area contributed by atoms with E-state index in [1.54, 1.807) is 13.3 Å². The second kappa shape index (κ2) is 6.33. The smallest absolute Gasteiger partial charge is 0.232 e. The maximum atomic E-state index is 5.37. The van der Waals surface area contributed by atoms with Crippen LogP contribution < -0.4 is 10.1 Å². The van der Waals surface area contributed by atoms with Crippen LogP contribution in [-0.2, 0) is 4.74 Å². The van der Waals surface area contributed by atoms with E-state index in [1.165, 1.54) is 0 Å². The van der Waals surface area contributed by atoms with E-state index < -0.39 is 0 Å². The molecule has 100 valence electrons. The zero-order chi connectivity index (χ0) is 13.0. The summed E-state index contributed by atoms with van der Waals surface area (Å²) in [7, 11) is 1.60. The van der Waals surface area contributed by atoms with Crippen LogP contribution in [-0.4, -0.2) is 36.3 Å². The lowest BCUT2D eigenvalue weighted by Gasteiger charge is -2.28. The van der Waals surface area contributed by atoms with Crippen molar-refractivity contribution in [3.05, 3.63) is 10.7 Å². The Morgan fingerprint density at radius 2 is 2.22 bits per heavy atom. The molecule has 0 aliphatic carbocycles. The lowest BCUT2D eigenvalue weighted by molar-refractivity contribution is 0.0621. The van der Waals surface area contributed by atoms with Gasteiger partial charge in [-0.3, -0.25) is 0 Å². The maximum absolute atomic E-state index is 5.37. The first-order valence-corrected chi connectivity index (χ1v) is 6.91. The molecule has 1 aliphatic rings. The Labute approximate surface area is 115 Å². The molecular weight excluding hydrogens is 298 g/mol. The van der Waals surface area contributed by atoms with E-state index in [0.29, 0.717) is 23.8 Å². The number of halogens is 1. The summed E-state index contributed by atoms with van der Waals surface area (Å²) < 4.78 is 11.3. The first-order valence-electron chi connectivity index (χ1n) is 6.11. The van der Waals surface area contributed by atoms with Crippen LogP contribution in [0.15, 0.2) is 10.7 Å². The molecule has 18 heavy (non-hydrogen) atoms. The van der Waals surface area contributed by atoms with Crippen molar-refractivity contribution in [1.29, 1.82) is 0 Å². The topological polar surface area (TPSA) is 56.3 Å². The molecule has 1 aliphatic heterocycles. The normalized spacial score (nSPS) is 18.4. The molecule has 2 heterocycles. The average molecular weight is 316 g/mol. The zero-order valence-corrected chi connectivity index (χ0v) is 12.2. The van der Waals surface area contributed by atoms with Crippen LogP contribution in [0.25, 0.3) is 0 Å². The van der Waals surface area contributed by atoms with Crippen LogP contribution in [0, 0.1) is 5.92 Å². The van der Waals surface area contributed by atoms with Crippen molar-refractivity contribution in [2.24, 2.45) is 5.92 Å². The minimum atomic E-state index is 0.333. The quantitative estimate of drug-likeness (QED) is 0.925. The molecule has 6 heteroatoms. The second-order valence-corrected chi connectivity index (χ2v) is 5.29. The molecular formula is C12H18BrN3O2. The largest absolute Gasteiger partial charge is 0.480 e. The lowest BCUT2D eigenvalue weighted by Crippen LogP contribution is -2.31. The van der Waals surface area contributed by atoms with Gasteiger partial charge in [-0.1, -0.05) is 0 Å². The molecule has 0 bridgehead atoms. The number of nitrogens with one attached hydrogen (secondary N) is 1. The van der Waals surface area contributed by atoms with E-state index in [-0.39, 0.29) is 0 Å². The third-order valence-electron chi connectivity index (χ3n) is 3.24. The van der Waals surface area contributed by atoms with Crippen LogP contribution in [0.5, 0.6) is 5.88 Å². The van der Waals surface area contributed by atoms with Gasteiger partial charge in [-0.05, 0) is 41.6 Å². The van der Waals surface area contributed by atoms with Gasteiger partial charge in [0.25, 0.3) is 0 Å². The highest BCUT2D eigenvalue weighted by atomic mass is 79.9. The molecule has 0 radical (unpaired) electrons. The fourth-order valence-corrected chi connectivity index (χ4v) is 2.45. The highest BCUT2D eigenvalue weighted by molar-refractivity contribution is 9.10. The summed E-state index contributed by atoms with van der Waals surface area (Å²) in [6.45, 7) is 3.86. The fraction of sp³-hybridized carbons (Fsp3) is 0.667. The summed E-state index contributed by atoms with van der Waals surface area (Å²) in [5, 5.41) is 3.33. The summed E-state index contributed by atoms with van der Waals surface area (Å²) in [4.78, 5) is 8.54. The molecule has 1 unspecified atom stereocenters. The van der Waals surface area contributed by atoms with Crippen LogP contribution in [0.1, 0.15) is 19.8 Å². The molecule has 1 atom stereocenters. The second-order valence-electron chi connectivity index (χ2n) is 4.43. The van der Waals surface area contributed by atoms with Crippen molar-refractivity contribution in [1.82, 2.24) is 9.97 Å². The Balaban J connectivity index is 1.99. The third-order valence-corrected chi connectivity index (χ3v) is 3.78. The molecule has 1 saturated heterocycles. The maximum Gasteiger partial charge on any atom is 0.232 e. The molecule has 0 aromatic carbocycles. The highest BCUT2D eigenvalue weighted by Crippen LogP contribution is 2.24. The van der Waals surface area contributed by atoms with E-state index in [4.69, 9.17) is 9.47 Å². The minimum absolute atomic E-state index is 0.333. The summed E-state index contributed by atoms with van der Waals surface area (Å²) >= 11 is 3.34. The van der Waals surface area contributed by atoms with Crippen LogP contribution in [0.3, 0.4) is 0 Å². The molecule has 2 rings (SSSR count). The van der Waals surface area contributed by atoms with Crippen molar-refractivity contribution in [3.63, 3.8) is 0 Å². The Bertz CT molecular complexity index is 397. The number of ether oxygens (including phenoxy) is 2. The van der Waals surface area contributed by atoms with Crippen molar-refractivity contribution in [3.8, 4) is 5.88 Å². The first-order chi connectivity index (χ1) is 8.70. The van der Waals surface area contributed by atoms with Gasteiger partial charge >= 0.3 is 0 Å². The van der Waals surface area contributed by atoms with E-state index in [9.17, 15) is 0 Å². The standard InChI is InChI=1S/C12H18BrN3O2/c1-8(9-3-5-18-6-4-9)15-12-14-7-10(13)11(16-12)17-2/h7-9H,3-6H2,1-2H3,(H,14,15,16). The highest BCUT2D eigenvalue weighted by Gasteiger charge is 2.21. The van der Waals surface area contributed by atoms with Gasteiger partial charge in [0.15, 0.2) is 0 Å². The summed E-state index contributed by atoms with van der Waals surface area (Å²) in [6.07, 6.45) is 3.87. The Morgan fingerprint density at radius 1 is 1.50 bits per heavy atom. The number of rotatable bonds is 4. The number of hydrogen-bond donors (Lipinski definition) is 1. The molecule has 0 saturated carbocycles. The van der Waals surface area contributed by atoms with Gasteiger partial charge in [0.05, 0.1) is 17.8 Å². The summed E-state index contributed by atoms with van der Waals surface area (Å²) in [5.74, 6) is 1.76. The summed E-state index contributed by atoms with van der Waals surface area (Å²) in [5.41, 5.74) is 0. The van der Waals surface area contributed by atoms with Gasteiger partial charge in [-0.15, -0.1) is 0 Å². The number of nitrogens with zero attached hydrogens (tertiary/aromatic N) is 2. The molecule has 1 N–H and O–H groups in total. The molecule has 0 spiro atoms. The number of aromatic nitrogens is 2. The van der Waals surface area contributed by atoms with E-state index in [0.717, 1.165) is 30.5 Å². The first kappa shape index (κ1) is 13.5. The predicted molar refractivity (Wildman–Crippen MR) is 72.9 cm³/mol. The van der Waals surface area contributed by atoms with Crippen molar-refractivity contribution in [2.45, 2.75) is 25.8 Å².